The molecule has 26 heavy (non-hydrogen) atoms. The third-order valence-electron chi connectivity index (χ3n) is 5.58. The molecule has 5 nitrogen and oxygen atoms in total. The van der Waals surface area contributed by atoms with Gasteiger partial charge in [-0.25, -0.2) is 0 Å². The molecule has 2 saturated heterocycles. The minimum atomic E-state index is -0.478. The smallest absolute Gasteiger partial charge is 0.186 e. The number of hydrogen-bond acceptors (Lipinski definition) is 5. The van der Waals surface area contributed by atoms with E-state index in [0.717, 1.165) is 31.2 Å². The molecule has 3 aliphatic rings. The molecule has 144 valence electrons. The summed E-state index contributed by atoms with van der Waals surface area (Å²) in [6.45, 7) is 0.493. The summed E-state index contributed by atoms with van der Waals surface area (Å²) in [6.07, 6.45) is 4.20. The fourth-order valence-corrected chi connectivity index (χ4v) is 4.78. The second-order valence-corrected chi connectivity index (χ2v) is 7.98. The number of ether oxygens (including phenoxy) is 5. The second-order valence-electron chi connectivity index (χ2n) is 7.33. The maximum atomic E-state index is 6.53. The Morgan fingerprint density at radius 3 is 2.50 bits per heavy atom. The van der Waals surface area contributed by atoms with Gasteiger partial charge >= 0.3 is 0 Å². The van der Waals surface area contributed by atoms with Gasteiger partial charge in [0.2, 0.25) is 0 Å². The maximum Gasteiger partial charge on any atom is 0.186 e. The van der Waals surface area contributed by atoms with Gasteiger partial charge in [0.25, 0.3) is 0 Å². The summed E-state index contributed by atoms with van der Waals surface area (Å²) < 4.78 is 31.0. The van der Waals surface area contributed by atoms with Crippen molar-refractivity contribution in [3.8, 4) is 0 Å². The van der Waals surface area contributed by atoms with Crippen LogP contribution in [0.5, 0.6) is 0 Å². The van der Waals surface area contributed by atoms with E-state index in [-0.39, 0.29) is 24.4 Å². The first-order valence-corrected chi connectivity index (χ1v) is 10.6. The van der Waals surface area contributed by atoms with Gasteiger partial charge in [-0.3, -0.25) is 0 Å². The summed E-state index contributed by atoms with van der Waals surface area (Å²) in [7, 11) is 1.65. The first kappa shape index (κ1) is 18.8. The molecule has 2 aliphatic heterocycles. The molecule has 1 spiro atoms. The van der Waals surface area contributed by atoms with Crippen molar-refractivity contribution < 1.29 is 23.7 Å². The van der Waals surface area contributed by atoms with Gasteiger partial charge in [-0.1, -0.05) is 52.7 Å². The summed E-state index contributed by atoms with van der Waals surface area (Å²) in [5.74, 6) is -0.478. The number of fused-ring (bicyclic) bond motifs is 1. The van der Waals surface area contributed by atoms with Gasteiger partial charge in [0, 0.05) is 25.3 Å². The molecule has 2 heterocycles. The summed E-state index contributed by atoms with van der Waals surface area (Å²) in [5, 5.41) is 0.679. The van der Waals surface area contributed by atoms with Crippen molar-refractivity contribution in [3.63, 3.8) is 0 Å². The molecule has 1 saturated carbocycles. The summed E-state index contributed by atoms with van der Waals surface area (Å²) in [6, 6.07) is 10.1. The Labute approximate surface area is 163 Å². The van der Waals surface area contributed by atoms with Gasteiger partial charge in [-0.05, 0) is 18.4 Å². The van der Waals surface area contributed by atoms with Crippen molar-refractivity contribution >= 4 is 15.9 Å². The number of methoxy groups -OCH3 is 1. The van der Waals surface area contributed by atoms with Crippen LogP contribution >= 0.6 is 15.9 Å². The van der Waals surface area contributed by atoms with Crippen molar-refractivity contribution in [1.29, 1.82) is 0 Å². The minimum Gasteiger partial charge on any atom is -0.365 e. The fourth-order valence-electron chi connectivity index (χ4n) is 4.26. The highest BCUT2D eigenvalue weighted by atomic mass is 79.9. The van der Waals surface area contributed by atoms with Crippen LogP contribution < -0.4 is 0 Å². The minimum absolute atomic E-state index is 0.108. The van der Waals surface area contributed by atoms with Crippen LogP contribution in [0.4, 0.5) is 0 Å². The van der Waals surface area contributed by atoms with Crippen molar-refractivity contribution in [2.75, 3.05) is 12.4 Å². The molecule has 3 fully saturated rings. The Morgan fingerprint density at radius 2 is 1.81 bits per heavy atom. The van der Waals surface area contributed by atoms with Crippen LogP contribution in [-0.4, -0.2) is 48.9 Å². The molecule has 5 atom stereocenters. The van der Waals surface area contributed by atoms with Crippen LogP contribution in [-0.2, 0) is 30.3 Å². The molecule has 1 aromatic rings. The first-order valence-electron chi connectivity index (χ1n) is 9.50. The van der Waals surface area contributed by atoms with Gasteiger partial charge in [0.1, 0.15) is 18.3 Å². The SMILES string of the molecule is COC1OC(CBr)C2OC3(CCCCC3)OC2C1OCc1ccccc1. The topological polar surface area (TPSA) is 46.2 Å². The number of rotatable bonds is 5. The van der Waals surface area contributed by atoms with E-state index in [4.69, 9.17) is 23.7 Å². The third-order valence-corrected chi connectivity index (χ3v) is 6.22. The average Bonchev–Trinajstić information content (AvgIpc) is 3.05. The van der Waals surface area contributed by atoms with E-state index in [1.54, 1.807) is 7.11 Å². The molecule has 0 aromatic heterocycles. The number of benzene rings is 1. The Morgan fingerprint density at radius 1 is 1.08 bits per heavy atom. The highest BCUT2D eigenvalue weighted by Gasteiger charge is 2.58. The second kappa shape index (κ2) is 8.25. The molecular formula is C20H27BrO5. The van der Waals surface area contributed by atoms with Gasteiger partial charge in [-0.15, -0.1) is 0 Å². The summed E-state index contributed by atoms with van der Waals surface area (Å²) in [4.78, 5) is 0. The van der Waals surface area contributed by atoms with Gasteiger partial charge in [-0.2, -0.15) is 0 Å². The van der Waals surface area contributed by atoms with Gasteiger partial charge < -0.3 is 23.7 Å². The number of alkyl halides is 1. The zero-order chi connectivity index (χ0) is 18.0. The molecular weight excluding hydrogens is 400 g/mol. The summed E-state index contributed by atoms with van der Waals surface area (Å²) >= 11 is 3.56. The summed E-state index contributed by atoms with van der Waals surface area (Å²) in [5.41, 5.74) is 1.12. The van der Waals surface area contributed by atoms with Crippen LogP contribution in [0.3, 0.4) is 0 Å². The lowest BCUT2D eigenvalue weighted by molar-refractivity contribution is -0.277. The molecule has 6 heteroatoms. The van der Waals surface area contributed by atoms with Crippen LogP contribution in [0.2, 0.25) is 0 Å². The van der Waals surface area contributed by atoms with E-state index in [0.29, 0.717) is 11.9 Å². The van der Waals surface area contributed by atoms with E-state index in [1.165, 1.54) is 6.42 Å². The third kappa shape index (κ3) is 3.73. The monoisotopic (exact) mass is 426 g/mol. The molecule has 0 amide bonds. The molecule has 0 N–H and O–H groups in total. The van der Waals surface area contributed by atoms with Crippen molar-refractivity contribution in [2.24, 2.45) is 0 Å². The average molecular weight is 427 g/mol. The molecule has 1 aliphatic carbocycles. The maximum absolute atomic E-state index is 6.53. The van der Waals surface area contributed by atoms with Crippen molar-refractivity contribution in [2.45, 2.75) is 75.2 Å². The Kier molecular flexibility index (Phi) is 5.98. The quantitative estimate of drug-likeness (QED) is 0.670. The highest BCUT2D eigenvalue weighted by Crippen LogP contribution is 2.45. The molecule has 1 aromatic carbocycles. The lowest BCUT2D eigenvalue weighted by atomic mass is 9.94. The van der Waals surface area contributed by atoms with Gasteiger partial charge in [0.15, 0.2) is 12.1 Å². The zero-order valence-corrected chi connectivity index (χ0v) is 16.7. The van der Waals surface area contributed by atoms with Crippen LogP contribution in [0, 0.1) is 0 Å². The lowest BCUT2D eigenvalue weighted by Gasteiger charge is -2.40. The number of hydrogen-bond donors (Lipinski definition) is 0. The largest absolute Gasteiger partial charge is 0.365 e. The first-order chi connectivity index (χ1) is 12.7. The van der Waals surface area contributed by atoms with E-state index >= 15 is 0 Å². The van der Waals surface area contributed by atoms with Crippen LogP contribution in [0.15, 0.2) is 30.3 Å². The van der Waals surface area contributed by atoms with Crippen LogP contribution in [0.1, 0.15) is 37.7 Å². The normalized spacial score (nSPS) is 36.2. The van der Waals surface area contributed by atoms with E-state index in [2.05, 4.69) is 28.1 Å². The molecule has 0 radical (unpaired) electrons. The Hall–Kier alpha value is -0.500. The number of halogens is 1. The van der Waals surface area contributed by atoms with Crippen LogP contribution in [0.25, 0.3) is 0 Å². The van der Waals surface area contributed by atoms with Gasteiger partial charge in [0.05, 0.1) is 12.7 Å². The molecule has 4 rings (SSSR count). The van der Waals surface area contributed by atoms with E-state index < -0.39 is 12.1 Å². The lowest BCUT2D eigenvalue weighted by Crippen LogP contribution is -2.58. The van der Waals surface area contributed by atoms with Crippen molar-refractivity contribution in [3.05, 3.63) is 35.9 Å². The molecule has 0 bridgehead atoms. The van der Waals surface area contributed by atoms with Crippen molar-refractivity contribution in [1.82, 2.24) is 0 Å². The Balaban J connectivity index is 1.53. The zero-order valence-electron chi connectivity index (χ0n) is 15.1. The van der Waals surface area contributed by atoms with E-state index in [1.807, 2.05) is 18.2 Å². The predicted molar refractivity (Wildman–Crippen MR) is 100 cm³/mol. The predicted octanol–water partition coefficient (Wildman–Crippen LogP) is 3.78. The molecule has 5 unspecified atom stereocenters. The Bertz CT molecular complexity index is 577. The fraction of sp³-hybridized carbons (Fsp3) is 0.700. The van der Waals surface area contributed by atoms with E-state index in [9.17, 15) is 0 Å². The highest BCUT2D eigenvalue weighted by molar-refractivity contribution is 9.09. The standard InChI is InChI=1S/C20H27BrO5/c1-22-19-18(23-13-14-8-4-2-5-9-14)17-16(15(12-21)24-19)25-20(26-17)10-6-3-7-11-20/h2,4-5,8-9,15-19H,3,6-7,10-13H2,1H3.